The highest BCUT2D eigenvalue weighted by Gasteiger charge is 2.13. The van der Waals surface area contributed by atoms with E-state index in [4.69, 9.17) is 27.9 Å². The van der Waals surface area contributed by atoms with E-state index in [0.717, 1.165) is 16.9 Å². The molecule has 3 aromatic rings. The maximum absolute atomic E-state index is 12.2. The smallest absolute Gasteiger partial charge is 0.234 e. The molecule has 0 atom stereocenters. The van der Waals surface area contributed by atoms with E-state index < -0.39 is 0 Å². The molecule has 0 bridgehead atoms. The molecule has 0 aliphatic carbocycles. The van der Waals surface area contributed by atoms with Crippen LogP contribution in [0.5, 0.6) is 5.75 Å². The van der Waals surface area contributed by atoms with Crippen LogP contribution < -0.4 is 10.1 Å². The predicted octanol–water partition coefficient (Wildman–Crippen LogP) is 5.05. The molecule has 0 saturated carbocycles. The van der Waals surface area contributed by atoms with Crippen molar-refractivity contribution in [2.24, 2.45) is 7.05 Å². The summed E-state index contributed by atoms with van der Waals surface area (Å²) < 4.78 is 7.65. The second-order valence-electron chi connectivity index (χ2n) is 6.56. The van der Waals surface area contributed by atoms with Gasteiger partial charge in [-0.05, 0) is 55.3 Å². The topological polar surface area (TPSA) is 69.0 Å². The lowest BCUT2D eigenvalue weighted by atomic mass is 10.1. The van der Waals surface area contributed by atoms with Crippen molar-refractivity contribution in [2.75, 3.05) is 11.1 Å². The Labute approximate surface area is 183 Å². The maximum Gasteiger partial charge on any atom is 0.234 e. The summed E-state index contributed by atoms with van der Waals surface area (Å²) in [5, 5.41) is 12.6. The number of hydrogen-bond donors (Lipinski definition) is 1. The zero-order valence-electron chi connectivity index (χ0n) is 16.2. The first kappa shape index (κ1) is 21.5. The zero-order valence-corrected chi connectivity index (χ0v) is 18.5. The van der Waals surface area contributed by atoms with E-state index in [1.165, 1.54) is 11.8 Å². The normalized spacial score (nSPS) is 10.8. The number of anilines is 1. The number of amides is 1. The highest BCUT2D eigenvalue weighted by Crippen LogP contribution is 2.23. The number of nitrogens with one attached hydrogen (secondary N) is 1. The average Bonchev–Trinajstić information content (AvgIpc) is 2.96. The largest absolute Gasteiger partial charge is 0.486 e. The van der Waals surface area contributed by atoms with Crippen LogP contribution in [0.4, 0.5) is 5.69 Å². The predicted molar refractivity (Wildman–Crippen MR) is 117 cm³/mol. The Balaban J connectivity index is 1.55. The number of benzene rings is 2. The minimum Gasteiger partial charge on any atom is -0.486 e. The Morgan fingerprint density at radius 3 is 2.38 bits per heavy atom. The van der Waals surface area contributed by atoms with Crippen LogP contribution >= 0.6 is 35.0 Å². The fourth-order valence-electron chi connectivity index (χ4n) is 2.71. The third kappa shape index (κ3) is 6.13. The van der Waals surface area contributed by atoms with E-state index in [-0.39, 0.29) is 11.7 Å². The summed E-state index contributed by atoms with van der Waals surface area (Å²) in [5.41, 5.74) is 2.83. The van der Waals surface area contributed by atoms with Gasteiger partial charge in [-0.1, -0.05) is 41.0 Å². The van der Waals surface area contributed by atoms with Gasteiger partial charge in [-0.2, -0.15) is 0 Å². The van der Waals surface area contributed by atoms with Crippen LogP contribution in [0.25, 0.3) is 0 Å². The lowest BCUT2D eigenvalue weighted by Gasteiger charge is -2.08. The van der Waals surface area contributed by atoms with Crippen molar-refractivity contribution < 1.29 is 9.53 Å². The number of ether oxygens (including phenoxy) is 1. The first-order valence-electron chi connectivity index (χ1n) is 8.78. The number of carbonyl (C=O) groups is 1. The highest BCUT2D eigenvalue weighted by molar-refractivity contribution is 7.99. The summed E-state index contributed by atoms with van der Waals surface area (Å²) in [4.78, 5) is 12.2. The molecule has 0 aliphatic heterocycles. The fraction of sp³-hybridized carbons (Fsp3) is 0.250. The van der Waals surface area contributed by atoms with Gasteiger partial charge >= 0.3 is 0 Å². The summed E-state index contributed by atoms with van der Waals surface area (Å²) in [7, 11) is 1.84. The summed E-state index contributed by atoms with van der Waals surface area (Å²) in [5.74, 6) is 1.45. The summed E-state index contributed by atoms with van der Waals surface area (Å²) in [6.45, 7) is 4.35. The van der Waals surface area contributed by atoms with E-state index in [2.05, 4.69) is 21.6 Å². The molecule has 9 heteroatoms. The average molecular weight is 451 g/mol. The molecule has 0 spiro atoms. The van der Waals surface area contributed by atoms with Crippen molar-refractivity contribution in [1.82, 2.24) is 14.8 Å². The van der Waals surface area contributed by atoms with Gasteiger partial charge < -0.3 is 14.6 Å². The summed E-state index contributed by atoms with van der Waals surface area (Å²) in [6, 6.07) is 10.9. The van der Waals surface area contributed by atoms with Crippen molar-refractivity contribution >= 4 is 46.6 Å². The van der Waals surface area contributed by atoms with Crippen LogP contribution in [0.15, 0.2) is 41.6 Å². The SMILES string of the molecule is Cc1cc(C)cc(OCc2nnc(SCC(=O)Nc3cc(Cl)cc(Cl)c3)n2C)c1. The third-order valence-electron chi connectivity index (χ3n) is 3.97. The number of nitrogens with zero attached hydrogens (tertiary/aromatic N) is 3. The molecule has 2 aromatic carbocycles. The van der Waals surface area contributed by atoms with Crippen molar-refractivity contribution in [3.63, 3.8) is 0 Å². The molecule has 1 N–H and O–H groups in total. The minimum atomic E-state index is -0.190. The van der Waals surface area contributed by atoms with Gasteiger partial charge in [0, 0.05) is 22.8 Å². The van der Waals surface area contributed by atoms with Gasteiger partial charge in [-0.15, -0.1) is 10.2 Å². The Kier molecular flexibility index (Phi) is 7.05. The third-order valence-corrected chi connectivity index (χ3v) is 5.42. The van der Waals surface area contributed by atoms with E-state index >= 15 is 0 Å². The van der Waals surface area contributed by atoms with E-state index in [1.807, 2.05) is 37.6 Å². The van der Waals surface area contributed by atoms with Gasteiger partial charge in [0.05, 0.1) is 5.75 Å². The first-order chi connectivity index (χ1) is 13.8. The molecular weight excluding hydrogens is 431 g/mol. The van der Waals surface area contributed by atoms with E-state index in [0.29, 0.717) is 33.3 Å². The molecule has 1 amide bonds. The highest BCUT2D eigenvalue weighted by atomic mass is 35.5. The second-order valence-corrected chi connectivity index (χ2v) is 8.38. The Morgan fingerprint density at radius 1 is 1.07 bits per heavy atom. The Morgan fingerprint density at radius 2 is 1.72 bits per heavy atom. The Hall–Kier alpha value is -2.22. The fourth-order valence-corrected chi connectivity index (χ4v) is 3.97. The van der Waals surface area contributed by atoms with Gasteiger partial charge in [0.15, 0.2) is 11.0 Å². The van der Waals surface area contributed by atoms with Crippen molar-refractivity contribution in [3.8, 4) is 5.75 Å². The number of hydrogen-bond acceptors (Lipinski definition) is 5. The molecular formula is C20H20Cl2N4O2S. The van der Waals surface area contributed by atoms with Gasteiger partial charge in [-0.25, -0.2) is 0 Å². The van der Waals surface area contributed by atoms with Crippen molar-refractivity contribution in [1.29, 1.82) is 0 Å². The van der Waals surface area contributed by atoms with Gasteiger partial charge in [0.2, 0.25) is 5.91 Å². The minimum absolute atomic E-state index is 0.175. The molecule has 0 saturated heterocycles. The van der Waals surface area contributed by atoms with Gasteiger partial charge in [0.1, 0.15) is 12.4 Å². The molecule has 0 fully saturated rings. The molecule has 3 rings (SSSR count). The molecule has 29 heavy (non-hydrogen) atoms. The first-order valence-corrected chi connectivity index (χ1v) is 10.5. The number of carbonyl (C=O) groups excluding carboxylic acids is 1. The monoisotopic (exact) mass is 450 g/mol. The Bertz CT molecular complexity index is 999. The molecule has 0 radical (unpaired) electrons. The van der Waals surface area contributed by atoms with Crippen molar-refractivity contribution in [2.45, 2.75) is 25.6 Å². The van der Waals surface area contributed by atoms with E-state index in [9.17, 15) is 4.79 Å². The molecule has 1 heterocycles. The van der Waals surface area contributed by atoms with Crippen LogP contribution in [0, 0.1) is 13.8 Å². The number of thioether (sulfide) groups is 1. The lowest BCUT2D eigenvalue weighted by Crippen LogP contribution is -2.14. The number of rotatable bonds is 7. The van der Waals surface area contributed by atoms with Crippen LogP contribution in [-0.2, 0) is 18.4 Å². The molecule has 1 aromatic heterocycles. The summed E-state index contributed by atoms with van der Waals surface area (Å²) in [6.07, 6.45) is 0. The standard InChI is InChI=1S/C20H20Cl2N4O2S/c1-12-4-13(2)6-17(5-12)28-10-18-24-25-20(26(18)3)29-11-19(27)23-16-8-14(21)7-15(22)9-16/h4-9H,10-11H2,1-3H3,(H,23,27). The van der Waals surface area contributed by atoms with Crippen LogP contribution in [-0.4, -0.2) is 26.4 Å². The van der Waals surface area contributed by atoms with Crippen molar-refractivity contribution in [3.05, 3.63) is 63.4 Å². The van der Waals surface area contributed by atoms with E-state index in [1.54, 1.807) is 18.2 Å². The quantitative estimate of drug-likeness (QED) is 0.510. The number of aryl methyl sites for hydroxylation is 2. The summed E-state index contributed by atoms with van der Waals surface area (Å²) >= 11 is 13.2. The second kappa shape index (κ2) is 9.52. The number of aromatic nitrogens is 3. The number of halogens is 2. The molecule has 0 aliphatic rings. The maximum atomic E-state index is 12.2. The molecule has 0 unspecified atom stereocenters. The van der Waals surface area contributed by atoms with Gasteiger partial charge in [-0.3, -0.25) is 4.79 Å². The molecule has 6 nitrogen and oxygen atoms in total. The van der Waals surface area contributed by atoms with Crippen LogP contribution in [0.3, 0.4) is 0 Å². The van der Waals surface area contributed by atoms with Crippen LogP contribution in [0.1, 0.15) is 17.0 Å². The molecule has 152 valence electrons. The van der Waals surface area contributed by atoms with Gasteiger partial charge in [0.25, 0.3) is 0 Å². The van der Waals surface area contributed by atoms with Crippen LogP contribution in [0.2, 0.25) is 10.0 Å². The lowest BCUT2D eigenvalue weighted by molar-refractivity contribution is -0.113. The zero-order chi connectivity index (χ0) is 21.0.